The molecule has 0 aliphatic rings. The van der Waals surface area contributed by atoms with E-state index < -0.39 is 0 Å². The van der Waals surface area contributed by atoms with Gasteiger partial charge in [0.25, 0.3) is 0 Å². The molecule has 2 N–H and O–H groups in total. The van der Waals surface area contributed by atoms with E-state index in [-0.39, 0.29) is 0 Å². The van der Waals surface area contributed by atoms with Gasteiger partial charge in [0.1, 0.15) is 10.8 Å². The van der Waals surface area contributed by atoms with Crippen LogP contribution in [-0.4, -0.2) is 22.0 Å². The maximum absolute atomic E-state index is 4.30. The lowest BCUT2D eigenvalue weighted by Gasteiger charge is -2.06. The predicted molar refractivity (Wildman–Crippen MR) is 65.8 cm³/mol. The number of nitrogens with one attached hydrogen (secondary N) is 2. The van der Waals surface area contributed by atoms with Crippen molar-refractivity contribution in [1.82, 2.24) is 15.0 Å². The molecule has 0 unspecified atom stereocenters. The normalized spacial score (nSPS) is 10.1. The molecule has 0 spiro atoms. The lowest BCUT2D eigenvalue weighted by atomic mass is 10.4. The van der Waals surface area contributed by atoms with E-state index in [2.05, 4.69) is 25.6 Å². The lowest BCUT2D eigenvalue weighted by molar-refractivity contribution is 1.04. The molecular weight excluding hydrogens is 222 g/mol. The minimum absolute atomic E-state index is 0.627. The Morgan fingerprint density at radius 3 is 2.94 bits per heavy atom. The Labute approximate surface area is 98.0 Å². The van der Waals surface area contributed by atoms with Gasteiger partial charge in [-0.2, -0.15) is 4.98 Å². The number of hydrogen-bond acceptors (Lipinski definition) is 6. The summed E-state index contributed by atoms with van der Waals surface area (Å²) in [6.45, 7) is 2.63. The third kappa shape index (κ3) is 2.66. The van der Waals surface area contributed by atoms with Gasteiger partial charge in [-0.3, -0.25) is 0 Å². The van der Waals surface area contributed by atoms with E-state index in [1.54, 1.807) is 24.6 Å². The second kappa shape index (κ2) is 4.89. The Bertz CT molecular complexity index is 454. The van der Waals surface area contributed by atoms with Gasteiger partial charge in [0, 0.05) is 30.4 Å². The lowest BCUT2D eigenvalue weighted by Crippen LogP contribution is -2.05. The molecule has 0 aliphatic carbocycles. The SMILES string of the molecule is CNc1nc(C)cc(NCc2nccs2)n1. The van der Waals surface area contributed by atoms with Crippen LogP contribution in [-0.2, 0) is 6.54 Å². The van der Waals surface area contributed by atoms with Crippen LogP contribution in [0.5, 0.6) is 0 Å². The van der Waals surface area contributed by atoms with Gasteiger partial charge >= 0.3 is 0 Å². The highest BCUT2D eigenvalue weighted by atomic mass is 32.1. The summed E-state index contributed by atoms with van der Waals surface area (Å²) in [6.07, 6.45) is 1.80. The van der Waals surface area contributed by atoms with Crippen molar-refractivity contribution in [1.29, 1.82) is 0 Å². The van der Waals surface area contributed by atoms with Crippen LogP contribution in [0.25, 0.3) is 0 Å². The first-order valence-corrected chi connectivity index (χ1v) is 5.81. The van der Waals surface area contributed by atoms with E-state index in [0.29, 0.717) is 12.5 Å². The number of nitrogens with zero attached hydrogens (tertiary/aromatic N) is 3. The molecule has 16 heavy (non-hydrogen) atoms. The summed E-state index contributed by atoms with van der Waals surface area (Å²) in [5, 5.41) is 9.15. The summed E-state index contributed by atoms with van der Waals surface area (Å²) in [5.74, 6) is 1.44. The zero-order valence-corrected chi connectivity index (χ0v) is 10.0. The smallest absolute Gasteiger partial charge is 0.224 e. The predicted octanol–water partition coefficient (Wildman–Crippen LogP) is 1.90. The zero-order chi connectivity index (χ0) is 11.4. The first-order chi connectivity index (χ1) is 7.78. The van der Waals surface area contributed by atoms with Crippen LogP contribution in [0.4, 0.5) is 11.8 Å². The van der Waals surface area contributed by atoms with Crippen molar-refractivity contribution in [2.24, 2.45) is 0 Å². The molecule has 2 aromatic heterocycles. The minimum Gasteiger partial charge on any atom is -0.363 e. The molecule has 0 bridgehead atoms. The molecule has 0 saturated heterocycles. The fourth-order valence-corrected chi connectivity index (χ4v) is 1.83. The van der Waals surface area contributed by atoms with Crippen molar-refractivity contribution >= 4 is 23.1 Å². The van der Waals surface area contributed by atoms with Gasteiger partial charge in [-0.15, -0.1) is 11.3 Å². The van der Waals surface area contributed by atoms with Gasteiger partial charge in [0.2, 0.25) is 5.95 Å². The van der Waals surface area contributed by atoms with Gasteiger partial charge in [-0.25, -0.2) is 9.97 Å². The summed E-state index contributed by atoms with van der Waals surface area (Å²) in [7, 11) is 1.80. The van der Waals surface area contributed by atoms with Gasteiger partial charge in [0.15, 0.2) is 0 Å². The first kappa shape index (κ1) is 10.8. The molecule has 0 fully saturated rings. The topological polar surface area (TPSA) is 62.7 Å². The standard InChI is InChI=1S/C10H13N5S/c1-7-5-8(15-10(11-2)14-7)13-6-9-12-3-4-16-9/h3-5H,6H2,1-2H3,(H2,11,13,14,15). The van der Waals surface area contributed by atoms with Gasteiger partial charge in [-0.05, 0) is 6.92 Å². The number of anilines is 2. The molecule has 5 nitrogen and oxygen atoms in total. The van der Waals surface area contributed by atoms with E-state index >= 15 is 0 Å². The number of thiazole rings is 1. The van der Waals surface area contributed by atoms with Gasteiger partial charge in [-0.1, -0.05) is 0 Å². The Morgan fingerprint density at radius 2 is 2.25 bits per heavy atom. The van der Waals surface area contributed by atoms with E-state index in [9.17, 15) is 0 Å². The van der Waals surface area contributed by atoms with E-state index in [0.717, 1.165) is 16.5 Å². The van der Waals surface area contributed by atoms with Crippen LogP contribution in [0.1, 0.15) is 10.7 Å². The molecule has 6 heteroatoms. The summed E-state index contributed by atoms with van der Waals surface area (Å²) in [5.41, 5.74) is 0.931. The fourth-order valence-electron chi connectivity index (χ4n) is 1.28. The molecule has 2 heterocycles. The summed E-state index contributed by atoms with van der Waals surface area (Å²) in [4.78, 5) is 12.7. The average Bonchev–Trinajstić information content (AvgIpc) is 2.78. The van der Waals surface area contributed by atoms with Crippen LogP contribution in [0.15, 0.2) is 17.6 Å². The van der Waals surface area contributed by atoms with Crippen LogP contribution in [0.3, 0.4) is 0 Å². The highest BCUT2D eigenvalue weighted by Crippen LogP contribution is 2.11. The van der Waals surface area contributed by atoms with Crippen molar-refractivity contribution in [2.45, 2.75) is 13.5 Å². The van der Waals surface area contributed by atoms with Gasteiger partial charge < -0.3 is 10.6 Å². The zero-order valence-electron chi connectivity index (χ0n) is 9.19. The third-order valence-electron chi connectivity index (χ3n) is 1.98. The Hall–Kier alpha value is -1.69. The van der Waals surface area contributed by atoms with Crippen LogP contribution in [0.2, 0.25) is 0 Å². The molecule has 2 aromatic rings. The first-order valence-electron chi connectivity index (χ1n) is 4.93. The number of aryl methyl sites for hydroxylation is 1. The molecule has 0 aromatic carbocycles. The Balaban J connectivity index is 2.06. The van der Waals surface area contributed by atoms with Crippen LogP contribution >= 0.6 is 11.3 Å². The highest BCUT2D eigenvalue weighted by Gasteiger charge is 2.01. The molecule has 0 saturated carbocycles. The van der Waals surface area contributed by atoms with E-state index in [4.69, 9.17) is 0 Å². The van der Waals surface area contributed by atoms with Crippen molar-refractivity contribution in [2.75, 3.05) is 17.7 Å². The van der Waals surface area contributed by atoms with Crippen molar-refractivity contribution in [3.63, 3.8) is 0 Å². The summed E-state index contributed by atoms with van der Waals surface area (Å²) < 4.78 is 0. The molecule has 0 amide bonds. The molecular formula is C10H13N5S. The third-order valence-corrected chi connectivity index (χ3v) is 2.76. The maximum atomic E-state index is 4.30. The quantitative estimate of drug-likeness (QED) is 0.847. The number of aromatic nitrogens is 3. The monoisotopic (exact) mass is 235 g/mol. The number of hydrogen-bond donors (Lipinski definition) is 2. The van der Waals surface area contributed by atoms with Crippen molar-refractivity contribution in [3.05, 3.63) is 28.3 Å². The molecule has 84 valence electrons. The number of rotatable bonds is 4. The largest absolute Gasteiger partial charge is 0.363 e. The summed E-state index contributed by atoms with van der Waals surface area (Å²) in [6, 6.07) is 1.91. The second-order valence-electron chi connectivity index (χ2n) is 3.25. The summed E-state index contributed by atoms with van der Waals surface area (Å²) >= 11 is 1.62. The van der Waals surface area contributed by atoms with Crippen molar-refractivity contribution in [3.8, 4) is 0 Å². The highest BCUT2D eigenvalue weighted by molar-refractivity contribution is 7.09. The Morgan fingerprint density at radius 1 is 1.38 bits per heavy atom. The second-order valence-corrected chi connectivity index (χ2v) is 4.23. The van der Waals surface area contributed by atoms with Crippen molar-refractivity contribution < 1.29 is 0 Å². The maximum Gasteiger partial charge on any atom is 0.224 e. The minimum atomic E-state index is 0.627. The van der Waals surface area contributed by atoms with Crippen LogP contribution < -0.4 is 10.6 Å². The molecule has 0 atom stereocenters. The average molecular weight is 235 g/mol. The molecule has 2 rings (SSSR count). The van der Waals surface area contributed by atoms with E-state index in [1.807, 2.05) is 18.4 Å². The Kier molecular flexibility index (Phi) is 3.31. The molecule has 0 aliphatic heterocycles. The molecule has 0 radical (unpaired) electrons. The van der Waals surface area contributed by atoms with Crippen LogP contribution in [0, 0.1) is 6.92 Å². The fraction of sp³-hybridized carbons (Fsp3) is 0.300. The van der Waals surface area contributed by atoms with E-state index in [1.165, 1.54) is 0 Å². The van der Waals surface area contributed by atoms with Gasteiger partial charge in [0.05, 0.1) is 6.54 Å².